The largest absolute Gasteiger partial charge is 0.508 e. The van der Waals surface area contributed by atoms with Crippen LogP contribution >= 0.6 is 0 Å². The number of benzene rings is 2. The molecule has 0 saturated carbocycles. The summed E-state index contributed by atoms with van der Waals surface area (Å²) in [5, 5.41) is 37.0. The van der Waals surface area contributed by atoms with E-state index in [9.17, 15) is 29.7 Å². The first-order valence-electron chi connectivity index (χ1n) is 12.8. The number of β-amino-alcohol motifs (C(OH)–C–C–N with tert-alkyl or cyclic N) is 1. The second kappa shape index (κ2) is 13.2. The predicted molar refractivity (Wildman–Crippen MR) is 139 cm³/mol. The van der Waals surface area contributed by atoms with E-state index in [1.165, 1.54) is 11.0 Å². The molecule has 9 heteroatoms. The molecule has 0 radical (unpaired) electrons. The molecule has 1 aliphatic rings. The van der Waals surface area contributed by atoms with Gasteiger partial charge in [0.25, 0.3) is 11.8 Å². The lowest BCUT2D eigenvalue weighted by molar-refractivity contribution is -0.146. The van der Waals surface area contributed by atoms with Gasteiger partial charge < -0.3 is 30.9 Å². The van der Waals surface area contributed by atoms with Gasteiger partial charge in [-0.3, -0.25) is 14.4 Å². The van der Waals surface area contributed by atoms with E-state index in [2.05, 4.69) is 17.6 Å². The van der Waals surface area contributed by atoms with Crippen molar-refractivity contribution in [1.29, 1.82) is 0 Å². The molecule has 0 bridgehead atoms. The summed E-state index contributed by atoms with van der Waals surface area (Å²) in [6.07, 6.45) is 0.466. The Labute approximate surface area is 217 Å². The maximum Gasteiger partial charge on any atom is 0.254 e. The summed E-state index contributed by atoms with van der Waals surface area (Å²) in [7, 11) is 0. The van der Waals surface area contributed by atoms with Gasteiger partial charge in [-0.05, 0) is 37.5 Å². The number of unbranched alkanes of at least 4 members (excludes halogenated alkanes) is 2. The van der Waals surface area contributed by atoms with E-state index in [0.717, 1.165) is 24.8 Å². The Morgan fingerprint density at radius 3 is 2.51 bits per heavy atom. The number of nitrogens with one attached hydrogen (secondary N) is 2. The molecule has 0 unspecified atom stereocenters. The molecule has 1 heterocycles. The minimum absolute atomic E-state index is 0.0391. The monoisotopic (exact) mass is 511 g/mol. The van der Waals surface area contributed by atoms with Gasteiger partial charge in [0.05, 0.1) is 12.1 Å². The third-order valence-corrected chi connectivity index (χ3v) is 6.74. The van der Waals surface area contributed by atoms with Crippen LogP contribution in [-0.4, -0.2) is 75.3 Å². The van der Waals surface area contributed by atoms with Gasteiger partial charge in [0.15, 0.2) is 6.10 Å². The van der Waals surface area contributed by atoms with Gasteiger partial charge >= 0.3 is 0 Å². The number of hydrogen-bond acceptors (Lipinski definition) is 6. The minimum atomic E-state index is -1.66. The predicted octanol–water partition coefficient (Wildman–Crippen LogP) is 1.67. The lowest BCUT2D eigenvalue weighted by atomic mass is 9.98. The van der Waals surface area contributed by atoms with Gasteiger partial charge in [0.2, 0.25) is 5.91 Å². The van der Waals surface area contributed by atoms with Gasteiger partial charge in [-0.1, -0.05) is 56.2 Å². The zero-order chi connectivity index (χ0) is 26.9. The number of aliphatic hydroxyl groups excluding tert-OH is 2. The number of nitrogens with zero attached hydrogens (tertiary/aromatic N) is 1. The smallest absolute Gasteiger partial charge is 0.254 e. The molecule has 3 rings (SSSR count). The summed E-state index contributed by atoms with van der Waals surface area (Å²) in [5.74, 6) is -1.69. The molecular formula is C28H37N3O6. The van der Waals surface area contributed by atoms with Crippen LogP contribution in [0.15, 0.2) is 48.5 Å². The number of rotatable bonds is 11. The summed E-state index contributed by atoms with van der Waals surface area (Å²) in [6, 6.07) is 11.8. The van der Waals surface area contributed by atoms with Crippen molar-refractivity contribution in [2.24, 2.45) is 0 Å². The summed E-state index contributed by atoms with van der Waals surface area (Å²) >= 11 is 0. The van der Waals surface area contributed by atoms with Crippen molar-refractivity contribution in [2.45, 2.75) is 70.2 Å². The Hall–Kier alpha value is -3.43. The van der Waals surface area contributed by atoms with Crippen LogP contribution in [0.1, 0.15) is 54.1 Å². The molecule has 1 aliphatic heterocycles. The lowest BCUT2D eigenvalue weighted by Crippen LogP contribution is -2.56. The molecule has 9 nitrogen and oxygen atoms in total. The summed E-state index contributed by atoms with van der Waals surface area (Å²) in [4.78, 5) is 40.5. The van der Waals surface area contributed by atoms with Crippen LogP contribution in [0.5, 0.6) is 5.75 Å². The van der Waals surface area contributed by atoms with Crippen LogP contribution in [0.2, 0.25) is 0 Å². The zero-order valence-corrected chi connectivity index (χ0v) is 21.4. The van der Waals surface area contributed by atoms with Crippen LogP contribution in [0.4, 0.5) is 0 Å². The second-order valence-corrected chi connectivity index (χ2v) is 9.56. The number of hydrogen-bond donors (Lipinski definition) is 5. The van der Waals surface area contributed by atoms with Gasteiger partial charge in [-0.15, -0.1) is 0 Å². The summed E-state index contributed by atoms with van der Waals surface area (Å²) < 4.78 is 0. The number of aliphatic hydroxyl groups is 2. The molecule has 0 spiro atoms. The van der Waals surface area contributed by atoms with E-state index in [1.807, 2.05) is 30.3 Å². The van der Waals surface area contributed by atoms with Crippen molar-refractivity contribution in [3.05, 3.63) is 65.2 Å². The molecule has 2 aromatic rings. The topological polar surface area (TPSA) is 139 Å². The molecular weight excluding hydrogens is 474 g/mol. The summed E-state index contributed by atoms with van der Waals surface area (Å²) in [5.41, 5.74) is 1.39. The first-order valence-corrected chi connectivity index (χ1v) is 12.8. The number of carbonyl (C=O) groups is 3. The number of amides is 3. The van der Waals surface area contributed by atoms with Crippen molar-refractivity contribution < 1.29 is 29.7 Å². The molecule has 1 saturated heterocycles. The highest BCUT2D eigenvalue weighted by atomic mass is 16.3. The van der Waals surface area contributed by atoms with Crippen molar-refractivity contribution in [3.63, 3.8) is 0 Å². The van der Waals surface area contributed by atoms with E-state index in [0.29, 0.717) is 12.1 Å². The van der Waals surface area contributed by atoms with Crippen LogP contribution in [0.25, 0.3) is 0 Å². The molecule has 2 aromatic carbocycles. The number of phenols is 1. The van der Waals surface area contributed by atoms with Crippen LogP contribution in [-0.2, 0) is 16.0 Å². The molecule has 5 N–H and O–H groups in total. The van der Waals surface area contributed by atoms with Crippen LogP contribution < -0.4 is 10.6 Å². The molecule has 200 valence electrons. The minimum Gasteiger partial charge on any atom is -0.508 e. The fourth-order valence-electron chi connectivity index (χ4n) is 4.58. The van der Waals surface area contributed by atoms with Gasteiger partial charge in [0, 0.05) is 30.6 Å². The number of phenolic OH excluding ortho intramolecular Hbond substituents is 1. The summed E-state index contributed by atoms with van der Waals surface area (Å²) in [6.45, 7) is 4.05. The van der Waals surface area contributed by atoms with E-state index in [4.69, 9.17) is 0 Å². The van der Waals surface area contributed by atoms with E-state index < -0.39 is 36.1 Å². The van der Waals surface area contributed by atoms with Crippen molar-refractivity contribution in [3.8, 4) is 5.75 Å². The number of likely N-dealkylation sites (tertiary alicyclic amines) is 1. The van der Waals surface area contributed by atoms with E-state index in [-0.39, 0.29) is 36.6 Å². The normalized spacial score (nSPS) is 18.8. The van der Waals surface area contributed by atoms with Crippen LogP contribution in [0, 0.1) is 6.92 Å². The first-order chi connectivity index (χ1) is 17.7. The maximum absolute atomic E-state index is 13.4. The van der Waals surface area contributed by atoms with Gasteiger partial charge in [0.1, 0.15) is 11.8 Å². The van der Waals surface area contributed by atoms with Crippen molar-refractivity contribution >= 4 is 17.7 Å². The zero-order valence-electron chi connectivity index (χ0n) is 21.4. The highest BCUT2D eigenvalue weighted by molar-refractivity contribution is 5.97. The quantitative estimate of drug-likeness (QED) is 0.291. The Kier molecular flexibility index (Phi) is 10.0. The Morgan fingerprint density at radius 1 is 1.08 bits per heavy atom. The fraction of sp³-hybridized carbons (Fsp3) is 0.464. The molecule has 3 amide bonds. The Balaban J connectivity index is 1.79. The first kappa shape index (κ1) is 28.1. The molecule has 0 aromatic heterocycles. The van der Waals surface area contributed by atoms with Crippen LogP contribution in [0.3, 0.4) is 0 Å². The number of carbonyl (C=O) groups excluding carboxylic acids is 3. The fourth-order valence-corrected chi connectivity index (χ4v) is 4.58. The van der Waals surface area contributed by atoms with E-state index >= 15 is 0 Å². The highest BCUT2D eigenvalue weighted by Crippen LogP contribution is 2.22. The lowest BCUT2D eigenvalue weighted by Gasteiger charge is -2.30. The van der Waals surface area contributed by atoms with Crippen molar-refractivity contribution in [1.82, 2.24) is 15.5 Å². The van der Waals surface area contributed by atoms with Crippen molar-refractivity contribution in [2.75, 3.05) is 13.1 Å². The molecule has 0 aliphatic carbocycles. The average Bonchev–Trinajstić information content (AvgIpc) is 3.29. The second-order valence-electron chi connectivity index (χ2n) is 9.56. The Bertz CT molecular complexity index is 1080. The van der Waals surface area contributed by atoms with E-state index in [1.54, 1.807) is 19.1 Å². The molecule has 4 atom stereocenters. The standard InChI is InChI=1S/C28H37N3O6/c1-3-4-8-14-29-27(36)23-16-20(32)17-31(23)28(37)25(34)22(15-19-10-6-5-7-11-19)30-26(35)21-12-9-13-24(33)18(21)2/h5-7,9-13,20,22-23,25,32-34H,3-4,8,14-17H2,1-2H3,(H,29,36)(H,30,35)/t20-,22+,23+,25+/m1/s1. The maximum atomic E-state index is 13.4. The third-order valence-electron chi connectivity index (χ3n) is 6.74. The Morgan fingerprint density at radius 2 is 1.81 bits per heavy atom. The average molecular weight is 512 g/mol. The molecule has 1 fully saturated rings. The highest BCUT2D eigenvalue weighted by Gasteiger charge is 2.42. The number of aromatic hydroxyl groups is 1. The van der Waals surface area contributed by atoms with Gasteiger partial charge in [-0.2, -0.15) is 0 Å². The third kappa shape index (κ3) is 7.30. The molecule has 37 heavy (non-hydrogen) atoms. The van der Waals surface area contributed by atoms with Gasteiger partial charge in [-0.25, -0.2) is 0 Å². The SMILES string of the molecule is CCCCCNC(=O)[C@@H]1C[C@@H](O)CN1C(=O)[C@@H](O)[C@H](Cc1ccccc1)NC(=O)c1cccc(O)c1C.